The average molecular weight is 360 g/mol. The Balaban J connectivity index is 1.54. The number of carbonyl (C=O) groups is 1. The molecule has 27 heavy (non-hydrogen) atoms. The van der Waals surface area contributed by atoms with Gasteiger partial charge in [-0.1, -0.05) is 0 Å². The molecule has 0 spiro atoms. The van der Waals surface area contributed by atoms with Crippen LogP contribution in [0.1, 0.15) is 32.7 Å². The minimum absolute atomic E-state index is 0.0110. The Morgan fingerprint density at radius 2 is 1.93 bits per heavy atom. The van der Waals surface area contributed by atoms with Gasteiger partial charge in [-0.05, 0) is 61.7 Å². The molecule has 5 nitrogen and oxygen atoms in total. The lowest BCUT2D eigenvalue weighted by Crippen LogP contribution is -2.23. The second-order valence-electron chi connectivity index (χ2n) is 7.10. The molecule has 2 aromatic carbocycles. The first-order chi connectivity index (χ1) is 13.1. The number of fused-ring (bicyclic) bond motifs is 3. The van der Waals surface area contributed by atoms with E-state index in [2.05, 4.69) is 17.2 Å². The highest BCUT2D eigenvalue weighted by Crippen LogP contribution is 2.38. The number of rotatable bonds is 2. The van der Waals surface area contributed by atoms with E-state index in [0.717, 1.165) is 52.3 Å². The van der Waals surface area contributed by atoms with Crippen molar-refractivity contribution in [1.82, 2.24) is 10.3 Å². The van der Waals surface area contributed by atoms with Crippen LogP contribution in [0.3, 0.4) is 0 Å². The number of hydrogen-bond donors (Lipinski definition) is 2. The molecule has 2 aliphatic rings. The summed E-state index contributed by atoms with van der Waals surface area (Å²) in [5, 5.41) is 4.45. The normalized spacial score (nSPS) is 16.4. The van der Waals surface area contributed by atoms with Crippen molar-refractivity contribution in [2.45, 2.75) is 20.3 Å². The first-order valence-electron chi connectivity index (χ1n) is 9.12. The number of ketones is 1. The van der Waals surface area contributed by atoms with Crippen molar-refractivity contribution in [2.75, 3.05) is 13.3 Å². The molecule has 0 saturated heterocycles. The van der Waals surface area contributed by atoms with E-state index < -0.39 is 0 Å². The van der Waals surface area contributed by atoms with Crippen LogP contribution in [0.5, 0.6) is 11.5 Å². The number of carbonyl (C=O) groups excluding carboxylic acids is 1. The van der Waals surface area contributed by atoms with Crippen LogP contribution in [0.25, 0.3) is 16.6 Å². The second kappa shape index (κ2) is 5.91. The van der Waals surface area contributed by atoms with Gasteiger partial charge < -0.3 is 19.8 Å². The van der Waals surface area contributed by atoms with Gasteiger partial charge in [0.15, 0.2) is 17.3 Å². The molecule has 0 amide bonds. The van der Waals surface area contributed by atoms with Gasteiger partial charge >= 0.3 is 0 Å². The molecule has 0 bridgehead atoms. The van der Waals surface area contributed by atoms with Crippen molar-refractivity contribution in [1.29, 1.82) is 0 Å². The molecule has 136 valence electrons. The number of nitrogens with one attached hydrogen (secondary N) is 2. The molecule has 2 N–H and O–H groups in total. The fraction of sp³-hybridized carbons (Fsp3) is 0.227. The standard InChI is InChI=1S/C22H20N2O3/c1-12-13(2)24-18-4-3-15(7-16(12)18)20(25)10-19-17-9-22-21(26-11-27-22)8-14(17)5-6-23-19/h3-4,7-10,23-24H,5-6,11H2,1-2H3. The average Bonchev–Trinajstić information content (AvgIpc) is 3.24. The summed E-state index contributed by atoms with van der Waals surface area (Å²) in [5.41, 5.74) is 7.07. The van der Waals surface area contributed by atoms with Gasteiger partial charge in [0.2, 0.25) is 6.79 Å². The van der Waals surface area contributed by atoms with Crippen LogP contribution in [0.4, 0.5) is 0 Å². The zero-order chi connectivity index (χ0) is 18.5. The molecule has 3 aromatic rings. The van der Waals surface area contributed by atoms with Crippen LogP contribution in [0.15, 0.2) is 36.4 Å². The number of aryl methyl sites for hydroxylation is 2. The smallest absolute Gasteiger partial charge is 0.231 e. The SMILES string of the molecule is Cc1[nH]c2ccc(C(=O)C=C3NCCc4cc5c(cc43)OCO5)cc2c1C. The van der Waals surface area contributed by atoms with Crippen LogP contribution in [-0.4, -0.2) is 24.1 Å². The molecular weight excluding hydrogens is 340 g/mol. The van der Waals surface area contributed by atoms with E-state index in [4.69, 9.17) is 9.47 Å². The lowest BCUT2D eigenvalue weighted by atomic mass is 9.95. The van der Waals surface area contributed by atoms with Crippen molar-refractivity contribution < 1.29 is 14.3 Å². The van der Waals surface area contributed by atoms with E-state index in [-0.39, 0.29) is 12.6 Å². The maximum Gasteiger partial charge on any atom is 0.231 e. The van der Waals surface area contributed by atoms with Gasteiger partial charge in [0, 0.05) is 46.0 Å². The summed E-state index contributed by atoms with van der Waals surface area (Å²) in [5.74, 6) is 1.50. The van der Waals surface area contributed by atoms with Crippen molar-refractivity contribution in [2.24, 2.45) is 0 Å². The highest BCUT2D eigenvalue weighted by molar-refractivity contribution is 6.10. The van der Waals surface area contributed by atoms with Gasteiger partial charge in [-0.25, -0.2) is 0 Å². The lowest BCUT2D eigenvalue weighted by Gasteiger charge is -2.21. The summed E-state index contributed by atoms with van der Waals surface area (Å²) in [6.07, 6.45) is 2.58. The largest absolute Gasteiger partial charge is 0.454 e. The molecule has 0 radical (unpaired) electrons. The maximum atomic E-state index is 12.9. The Morgan fingerprint density at radius 3 is 2.78 bits per heavy atom. The van der Waals surface area contributed by atoms with Crippen molar-refractivity contribution in [3.63, 3.8) is 0 Å². The van der Waals surface area contributed by atoms with Gasteiger partial charge in [0.1, 0.15) is 0 Å². The van der Waals surface area contributed by atoms with E-state index in [1.165, 1.54) is 11.1 Å². The molecule has 0 saturated carbocycles. The lowest BCUT2D eigenvalue weighted by molar-refractivity contribution is 0.104. The number of aromatic amines is 1. The van der Waals surface area contributed by atoms with Crippen LogP contribution < -0.4 is 14.8 Å². The number of ether oxygens (including phenoxy) is 2. The number of benzene rings is 2. The second-order valence-corrected chi connectivity index (χ2v) is 7.10. The molecule has 1 aromatic heterocycles. The zero-order valence-electron chi connectivity index (χ0n) is 15.3. The highest BCUT2D eigenvalue weighted by atomic mass is 16.7. The molecule has 2 aliphatic heterocycles. The fourth-order valence-electron chi connectivity index (χ4n) is 3.83. The quantitative estimate of drug-likeness (QED) is 0.538. The summed E-state index contributed by atoms with van der Waals surface area (Å²) >= 11 is 0. The van der Waals surface area contributed by atoms with Crippen molar-refractivity contribution >= 4 is 22.4 Å². The molecule has 3 heterocycles. The summed E-state index contributed by atoms with van der Waals surface area (Å²) in [4.78, 5) is 16.3. The van der Waals surface area contributed by atoms with Crippen molar-refractivity contribution in [3.05, 3.63) is 64.4 Å². The topological polar surface area (TPSA) is 63.4 Å². The zero-order valence-corrected chi connectivity index (χ0v) is 15.3. The summed E-state index contributed by atoms with van der Waals surface area (Å²) < 4.78 is 11.0. The van der Waals surface area contributed by atoms with Gasteiger partial charge in [-0.2, -0.15) is 0 Å². The van der Waals surface area contributed by atoms with Crippen molar-refractivity contribution in [3.8, 4) is 11.5 Å². The molecule has 0 atom stereocenters. The predicted molar refractivity (Wildman–Crippen MR) is 104 cm³/mol. The predicted octanol–water partition coefficient (Wildman–Crippen LogP) is 3.88. The molecule has 5 rings (SSSR count). The molecule has 0 unspecified atom stereocenters. The molecule has 0 aliphatic carbocycles. The fourth-order valence-corrected chi connectivity index (χ4v) is 3.83. The monoisotopic (exact) mass is 360 g/mol. The summed E-state index contributed by atoms with van der Waals surface area (Å²) in [6, 6.07) is 9.80. The minimum Gasteiger partial charge on any atom is -0.454 e. The van der Waals surface area contributed by atoms with Gasteiger partial charge in [-0.3, -0.25) is 4.79 Å². The van der Waals surface area contributed by atoms with Crippen LogP contribution in [0, 0.1) is 13.8 Å². The number of hydrogen-bond acceptors (Lipinski definition) is 4. The Morgan fingerprint density at radius 1 is 1.11 bits per heavy atom. The van der Waals surface area contributed by atoms with E-state index >= 15 is 0 Å². The molecule has 0 fully saturated rings. The van der Waals surface area contributed by atoms with Gasteiger partial charge in [0.05, 0.1) is 0 Å². The summed E-state index contributed by atoms with van der Waals surface area (Å²) in [6.45, 7) is 5.16. The minimum atomic E-state index is -0.0110. The number of allylic oxidation sites excluding steroid dienone is 1. The molecular formula is C22H20N2O3. The summed E-state index contributed by atoms with van der Waals surface area (Å²) in [7, 11) is 0. The third-order valence-electron chi connectivity index (χ3n) is 5.47. The highest BCUT2D eigenvalue weighted by Gasteiger charge is 2.22. The molecule has 5 heteroatoms. The third kappa shape index (κ3) is 2.58. The first-order valence-corrected chi connectivity index (χ1v) is 9.12. The van der Waals surface area contributed by atoms with Crippen LogP contribution in [0.2, 0.25) is 0 Å². The third-order valence-corrected chi connectivity index (χ3v) is 5.47. The Kier molecular flexibility index (Phi) is 3.50. The Bertz CT molecular complexity index is 1120. The van der Waals surface area contributed by atoms with E-state index in [9.17, 15) is 4.79 Å². The maximum absolute atomic E-state index is 12.9. The van der Waals surface area contributed by atoms with Crippen LogP contribution >= 0.6 is 0 Å². The Labute approximate surface area is 157 Å². The van der Waals surface area contributed by atoms with E-state index in [1.807, 2.05) is 37.3 Å². The first kappa shape index (κ1) is 16.0. The van der Waals surface area contributed by atoms with Gasteiger partial charge in [-0.15, -0.1) is 0 Å². The Hall–Kier alpha value is -3.21. The van der Waals surface area contributed by atoms with E-state index in [0.29, 0.717) is 5.56 Å². The number of aromatic nitrogens is 1. The van der Waals surface area contributed by atoms with Gasteiger partial charge in [0.25, 0.3) is 0 Å². The number of H-pyrrole nitrogens is 1. The van der Waals surface area contributed by atoms with Crippen LogP contribution in [-0.2, 0) is 6.42 Å². The van der Waals surface area contributed by atoms with E-state index in [1.54, 1.807) is 6.08 Å².